The average molecular weight is 627 g/mol. The van der Waals surface area contributed by atoms with Gasteiger partial charge in [0.25, 0.3) is 0 Å². The van der Waals surface area contributed by atoms with Crippen LogP contribution in [0.1, 0.15) is 0 Å². The fourth-order valence-corrected chi connectivity index (χ4v) is 7.56. The highest BCUT2D eigenvalue weighted by Crippen LogP contribution is 2.46. The number of hydrogen-bond acceptors (Lipinski definition) is 2. The topological polar surface area (TPSA) is 21.3 Å². The largest absolute Gasteiger partial charge is 0.454 e. The van der Waals surface area contributed by atoms with E-state index >= 15 is 0 Å². The van der Waals surface area contributed by atoms with Crippen LogP contribution < -0.4 is 4.90 Å². The van der Waals surface area contributed by atoms with E-state index in [0.717, 1.165) is 61.0 Å². The van der Waals surface area contributed by atoms with Crippen molar-refractivity contribution in [1.82, 2.24) is 4.57 Å². The molecule has 8 aromatic carbocycles. The van der Waals surface area contributed by atoms with Crippen molar-refractivity contribution < 1.29 is 4.42 Å². The number of aromatic nitrogens is 1. The molecule has 0 fully saturated rings. The van der Waals surface area contributed by atoms with E-state index in [1.165, 1.54) is 27.4 Å². The van der Waals surface area contributed by atoms with Crippen LogP contribution in [0.4, 0.5) is 17.1 Å². The Bertz CT molecular complexity index is 2790. The summed E-state index contributed by atoms with van der Waals surface area (Å²) in [7, 11) is 0. The standard InChI is InChI=1S/C46H30N2O/c1-2-14-31(15-3-1)32-17-12-18-34(28-32)47(43-26-13-23-40-39-22-8-11-27-45(39)49-46(40)43)44-30-35(29-33-16-4-5-19-36(33)44)48-41-24-9-6-20-37(41)38-21-7-10-25-42(38)48/h1-30H. The SMILES string of the molecule is c1ccc(-c2cccc(N(c3cc(-n4c5ccccc5c5ccccc54)cc4ccccc34)c3cccc4c3oc3ccccc34)c2)cc1. The van der Waals surface area contributed by atoms with E-state index in [4.69, 9.17) is 4.42 Å². The van der Waals surface area contributed by atoms with Crippen molar-refractivity contribution in [3.05, 3.63) is 182 Å². The lowest BCUT2D eigenvalue weighted by Gasteiger charge is -2.28. The van der Waals surface area contributed by atoms with Gasteiger partial charge in [-0.2, -0.15) is 0 Å². The number of nitrogens with zero attached hydrogens (tertiary/aromatic N) is 2. The molecule has 2 heterocycles. The maximum absolute atomic E-state index is 6.71. The molecule has 0 saturated heterocycles. The zero-order valence-electron chi connectivity index (χ0n) is 26.6. The minimum absolute atomic E-state index is 0.861. The summed E-state index contributed by atoms with van der Waals surface area (Å²) in [4.78, 5) is 2.39. The van der Waals surface area contributed by atoms with Gasteiger partial charge >= 0.3 is 0 Å². The zero-order valence-corrected chi connectivity index (χ0v) is 26.6. The monoisotopic (exact) mass is 626 g/mol. The molecule has 0 spiro atoms. The minimum atomic E-state index is 0.861. The maximum atomic E-state index is 6.71. The lowest BCUT2D eigenvalue weighted by Crippen LogP contribution is -2.12. The van der Waals surface area contributed by atoms with Crippen molar-refractivity contribution >= 4 is 71.6 Å². The second-order valence-electron chi connectivity index (χ2n) is 12.6. The van der Waals surface area contributed by atoms with Gasteiger partial charge in [-0.1, -0.05) is 133 Å². The number of hydrogen-bond donors (Lipinski definition) is 0. The molecule has 0 saturated carbocycles. The molecule has 3 heteroatoms. The summed E-state index contributed by atoms with van der Waals surface area (Å²) in [6, 6.07) is 65.0. The Kier molecular flexibility index (Phi) is 6.18. The van der Waals surface area contributed by atoms with Crippen LogP contribution in [0.25, 0.3) is 71.3 Å². The van der Waals surface area contributed by atoms with Crippen molar-refractivity contribution in [3.8, 4) is 16.8 Å². The van der Waals surface area contributed by atoms with Crippen LogP contribution in [0, 0.1) is 0 Å². The third-order valence-electron chi connectivity index (χ3n) is 9.74. The molecule has 0 atom stereocenters. The second-order valence-corrected chi connectivity index (χ2v) is 12.6. The van der Waals surface area contributed by atoms with E-state index in [-0.39, 0.29) is 0 Å². The Morgan fingerprint density at radius 2 is 1.02 bits per heavy atom. The average Bonchev–Trinajstić information content (AvgIpc) is 3.72. The van der Waals surface area contributed by atoms with Crippen LogP contribution in [-0.2, 0) is 0 Å². The van der Waals surface area contributed by atoms with Crippen molar-refractivity contribution in [2.75, 3.05) is 4.90 Å². The fraction of sp³-hybridized carbons (Fsp3) is 0. The number of rotatable bonds is 5. The zero-order chi connectivity index (χ0) is 32.3. The highest BCUT2D eigenvalue weighted by molar-refractivity contribution is 6.13. The molecule has 3 nitrogen and oxygen atoms in total. The Labute approximate surface area is 283 Å². The van der Waals surface area contributed by atoms with Gasteiger partial charge in [-0.25, -0.2) is 0 Å². The van der Waals surface area contributed by atoms with Gasteiger partial charge in [-0.05, 0) is 65.0 Å². The van der Waals surface area contributed by atoms with Gasteiger partial charge in [0, 0.05) is 38.3 Å². The van der Waals surface area contributed by atoms with E-state index in [1.54, 1.807) is 0 Å². The van der Waals surface area contributed by atoms with Gasteiger partial charge in [0.05, 0.1) is 22.4 Å². The van der Waals surface area contributed by atoms with Crippen molar-refractivity contribution in [3.63, 3.8) is 0 Å². The van der Waals surface area contributed by atoms with E-state index in [1.807, 2.05) is 6.07 Å². The summed E-state index contributed by atoms with van der Waals surface area (Å²) < 4.78 is 9.11. The third kappa shape index (κ3) is 4.37. The summed E-state index contributed by atoms with van der Waals surface area (Å²) in [6.07, 6.45) is 0. The fourth-order valence-electron chi connectivity index (χ4n) is 7.56. The molecule has 230 valence electrons. The molecule has 0 amide bonds. The Hall–Kier alpha value is -6.58. The lowest BCUT2D eigenvalue weighted by atomic mass is 10.0. The summed E-state index contributed by atoms with van der Waals surface area (Å²) >= 11 is 0. The highest BCUT2D eigenvalue weighted by atomic mass is 16.3. The van der Waals surface area contributed by atoms with Gasteiger partial charge in [-0.15, -0.1) is 0 Å². The number of para-hydroxylation sites is 4. The Morgan fingerprint density at radius 3 is 1.82 bits per heavy atom. The summed E-state index contributed by atoms with van der Waals surface area (Å²) in [6.45, 7) is 0. The number of fused-ring (bicyclic) bond motifs is 7. The molecule has 0 aliphatic carbocycles. The molecule has 49 heavy (non-hydrogen) atoms. The molecule has 0 radical (unpaired) electrons. The van der Waals surface area contributed by atoms with E-state index in [0.29, 0.717) is 0 Å². The quantitative estimate of drug-likeness (QED) is 0.190. The number of anilines is 3. The minimum Gasteiger partial charge on any atom is -0.454 e. The third-order valence-corrected chi connectivity index (χ3v) is 9.74. The molecule has 10 rings (SSSR count). The number of furan rings is 1. The molecular weight excluding hydrogens is 597 g/mol. The highest BCUT2D eigenvalue weighted by Gasteiger charge is 2.23. The van der Waals surface area contributed by atoms with Crippen molar-refractivity contribution in [1.29, 1.82) is 0 Å². The van der Waals surface area contributed by atoms with Gasteiger partial charge in [0.2, 0.25) is 0 Å². The van der Waals surface area contributed by atoms with Crippen molar-refractivity contribution in [2.24, 2.45) is 0 Å². The first-order valence-electron chi connectivity index (χ1n) is 16.7. The molecule has 0 aliphatic heterocycles. The molecular formula is C46H30N2O. The predicted molar refractivity (Wildman–Crippen MR) is 206 cm³/mol. The van der Waals surface area contributed by atoms with Crippen LogP contribution in [0.15, 0.2) is 186 Å². The summed E-state index contributed by atoms with van der Waals surface area (Å²) in [5, 5.41) is 7.02. The second kappa shape index (κ2) is 11.0. The maximum Gasteiger partial charge on any atom is 0.159 e. The van der Waals surface area contributed by atoms with Gasteiger partial charge in [-0.3, -0.25) is 0 Å². The van der Waals surface area contributed by atoms with Gasteiger partial charge in [0.15, 0.2) is 5.58 Å². The number of benzene rings is 8. The first kappa shape index (κ1) is 27.5. The van der Waals surface area contributed by atoms with Gasteiger partial charge < -0.3 is 13.9 Å². The van der Waals surface area contributed by atoms with Crippen LogP contribution in [0.3, 0.4) is 0 Å². The van der Waals surface area contributed by atoms with Crippen LogP contribution in [-0.4, -0.2) is 4.57 Å². The molecule has 0 unspecified atom stereocenters. The van der Waals surface area contributed by atoms with E-state index in [9.17, 15) is 0 Å². The molecule has 0 bridgehead atoms. The molecule has 10 aromatic rings. The van der Waals surface area contributed by atoms with E-state index in [2.05, 4.69) is 185 Å². The van der Waals surface area contributed by atoms with Crippen LogP contribution in [0.2, 0.25) is 0 Å². The Morgan fingerprint density at radius 1 is 0.408 bits per heavy atom. The molecule has 0 aliphatic rings. The predicted octanol–water partition coefficient (Wildman–Crippen LogP) is 13.0. The van der Waals surface area contributed by atoms with Crippen LogP contribution in [0.5, 0.6) is 0 Å². The molecule has 0 N–H and O–H groups in total. The van der Waals surface area contributed by atoms with E-state index < -0.39 is 0 Å². The Balaban J connectivity index is 1.31. The van der Waals surface area contributed by atoms with Crippen LogP contribution >= 0.6 is 0 Å². The lowest BCUT2D eigenvalue weighted by molar-refractivity contribution is 0.669. The normalized spacial score (nSPS) is 11.7. The first-order valence-corrected chi connectivity index (χ1v) is 16.7. The molecule has 2 aromatic heterocycles. The summed E-state index contributed by atoms with van der Waals surface area (Å²) in [5.74, 6) is 0. The van der Waals surface area contributed by atoms with Gasteiger partial charge in [0.1, 0.15) is 5.58 Å². The smallest absolute Gasteiger partial charge is 0.159 e. The summed E-state index contributed by atoms with van der Waals surface area (Å²) in [5.41, 5.74) is 10.7. The first-order chi connectivity index (χ1) is 24.3. The van der Waals surface area contributed by atoms with Crippen molar-refractivity contribution in [2.45, 2.75) is 0 Å².